The minimum Gasteiger partial charge on any atom is -0.368 e. The zero-order valence-corrected chi connectivity index (χ0v) is 15.5. The van der Waals surface area contributed by atoms with Gasteiger partial charge in [0.1, 0.15) is 5.82 Å². The lowest BCUT2D eigenvalue weighted by Crippen LogP contribution is -2.47. The van der Waals surface area contributed by atoms with Gasteiger partial charge in [-0.3, -0.25) is 4.79 Å². The summed E-state index contributed by atoms with van der Waals surface area (Å²) in [7, 11) is 0. The normalized spacial score (nSPS) is 14.2. The van der Waals surface area contributed by atoms with Gasteiger partial charge in [-0.05, 0) is 43.2 Å². The molecule has 1 aliphatic rings. The smallest absolute Gasteiger partial charge is 0.253 e. The van der Waals surface area contributed by atoms with Gasteiger partial charge in [0, 0.05) is 44.6 Å². The van der Waals surface area contributed by atoms with Crippen LogP contribution in [-0.2, 0) is 0 Å². The maximum Gasteiger partial charge on any atom is 0.253 e. The zero-order valence-electron chi connectivity index (χ0n) is 15.5. The molecular weight excluding hydrogens is 324 g/mol. The first-order valence-corrected chi connectivity index (χ1v) is 9.01. The van der Waals surface area contributed by atoms with E-state index < -0.39 is 0 Å². The number of pyridine rings is 1. The molecule has 26 heavy (non-hydrogen) atoms. The third kappa shape index (κ3) is 3.87. The number of nitrogens with one attached hydrogen (secondary N) is 1. The van der Waals surface area contributed by atoms with Crippen molar-refractivity contribution in [3.8, 4) is 0 Å². The van der Waals surface area contributed by atoms with Crippen LogP contribution in [0.4, 0.5) is 11.5 Å². The second-order valence-corrected chi connectivity index (χ2v) is 6.60. The second-order valence-electron chi connectivity index (χ2n) is 6.60. The molecule has 0 unspecified atom stereocenters. The molecule has 2 heterocycles. The molecule has 1 aromatic carbocycles. The Bertz CT molecular complexity index is 777. The molecule has 136 valence electrons. The number of benzene rings is 1. The number of rotatable bonds is 5. The fraction of sp³-hybridized carbons (Fsp3) is 0.333. The van der Waals surface area contributed by atoms with E-state index in [-0.39, 0.29) is 5.91 Å². The molecule has 0 radical (unpaired) electrons. The Morgan fingerprint density at radius 1 is 1.15 bits per heavy atom. The van der Waals surface area contributed by atoms with Crippen molar-refractivity contribution in [3.05, 3.63) is 65.9 Å². The number of carbonyl (C=O) groups excluding carboxylic acids is 1. The SMILES string of the molecule is C=CCNC(=O)c1ccc(N2CCN(c3cccc(C)c3C)CC2)nc1. The Labute approximate surface area is 155 Å². The van der Waals surface area contributed by atoms with Gasteiger partial charge in [0.05, 0.1) is 5.56 Å². The van der Waals surface area contributed by atoms with Crippen LogP contribution in [0.15, 0.2) is 49.2 Å². The Balaban J connectivity index is 1.62. The van der Waals surface area contributed by atoms with Crippen molar-refractivity contribution in [2.75, 3.05) is 42.5 Å². The minimum absolute atomic E-state index is 0.122. The lowest BCUT2D eigenvalue weighted by molar-refractivity contribution is 0.0957. The van der Waals surface area contributed by atoms with Crippen molar-refractivity contribution in [1.29, 1.82) is 0 Å². The summed E-state index contributed by atoms with van der Waals surface area (Å²) in [4.78, 5) is 21.1. The highest BCUT2D eigenvalue weighted by atomic mass is 16.1. The van der Waals surface area contributed by atoms with E-state index in [1.165, 1.54) is 16.8 Å². The van der Waals surface area contributed by atoms with Gasteiger partial charge in [0.15, 0.2) is 0 Å². The maximum absolute atomic E-state index is 11.9. The zero-order chi connectivity index (χ0) is 18.5. The molecule has 1 N–H and O–H groups in total. The highest BCUT2D eigenvalue weighted by Gasteiger charge is 2.20. The minimum atomic E-state index is -0.122. The van der Waals surface area contributed by atoms with E-state index in [9.17, 15) is 4.79 Å². The van der Waals surface area contributed by atoms with Gasteiger partial charge in [-0.15, -0.1) is 6.58 Å². The van der Waals surface area contributed by atoms with Gasteiger partial charge in [-0.2, -0.15) is 0 Å². The van der Waals surface area contributed by atoms with Crippen molar-refractivity contribution < 1.29 is 4.79 Å². The number of anilines is 2. The number of carbonyl (C=O) groups is 1. The summed E-state index contributed by atoms with van der Waals surface area (Å²) < 4.78 is 0. The molecule has 1 amide bonds. The monoisotopic (exact) mass is 350 g/mol. The number of aryl methyl sites for hydroxylation is 1. The van der Waals surface area contributed by atoms with Crippen LogP contribution in [0.25, 0.3) is 0 Å². The van der Waals surface area contributed by atoms with Crippen molar-refractivity contribution in [1.82, 2.24) is 10.3 Å². The van der Waals surface area contributed by atoms with Gasteiger partial charge in [-0.25, -0.2) is 4.98 Å². The van der Waals surface area contributed by atoms with E-state index in [4.69, 9.17) is 0 Å². The van der Waals surface area contributed by atoms with E-state index in [2.05, 4.69) is 58.7 Å². The van der Waals surface area contributed by atoms with Crippen LogP contribution in [0.3, 0.4) is 0 Å². The maximum atomic E-state index is 11.9. The average molecular weight is 350 g/mol. The topological polar surface area (TPSA) is 48.5 Å². The first kappa shape index (κ1) is 18.0. The largest absolute Gasteiger partial charge is 0.368 e. The first-order chi connectivity index (χ1) is 12.6. The molecular formula is C21H26N4O. The molecule has 2 aromatic rings. The third-order valence-corrected chi connectivity index (χ3v) is 4.94. The number of hydrogen-bond acceptors (Lipinski definition) is 4. The molecule has 0 bridgehead atoms. The highest BCUT2D eigenvalue weighted by Crippen LogP contribution is 2.25. The lowest BCUT2D eigenvalue weighted by atomic mass is 10.1. The Hall–Kier alpha value is -2.82. The van der Waals surface area contributed by atoms with Crippen molar-refractivity contribution in [2.24, 2.45) is 0 Å². The summed E-state index contributed by atoms with van der Waals surface area (Å²) in [5.74, 6) is 0.801. The summed E-state index contributed by atoms with van der Waals surface area (Å²) in [6.45, 7) is 12.2. The number of hydrogen-bond donors (Lipinski definition) is 1. The van der Waals surface area contributed by atoms with Crippen LogP contribution in [0.2, 0.25) is 0 Å². The summed E-state index contributed by atoms with van der Waals surface area (Å²) in [6, 6.07) is 10.2. The fourth-order valence-corrected chi connectivity index (χ4v) is 3.23. The molecule has 5 heteroatoms. The molecule has 3 rings (SSSR count). The number of piperazine rings is 1. The van der Waals surface area contributed by atoms with Crippen LogP contribution >= 0.6 is 0 Å². The highest BCUT2D eigenvalue weighted by molar-refractivity contribution is 5.94. The van der Waals surface area contributed by atoms with Gasteiger partial charge >= 0.3 is 0 Å². The van der Waals surface area contributed by atoms with Gasteiger partial charge in [-0.1, -0.05) is 18.2 Å². The summed E-state index contributed by atoms with van der Waals surface area (Å²) in [5.41, 5.74) is 4.59. The van der Waals surface area contributed by atoms with Crippen LogP contribution in [0.1, 0.15) is 21.5 Å². The van der Waals surface area contributed by atoms with Crippen molar-refractivity contribution in [3.63, 3.8) is 0 Å². The molecule has 0 saturated carbocycles. The number of amides is 1. The summed E-state index contributed by atoms with van der Waals surface area (Å²) >= 11 is 0. The van der Waals surface area contributed by atoms with Gasteiger partial charge < -0.3 is 15.1 Å². The number of nitrogens with zero attached hydrogens (tertiary/aromatic N) is 3. The Kier molecular flexibility index (Phi) is 5.56. The number of aromatic nitrogens is 1. The molecule has 1 saturated heterocycles. The standard InChI is InChI=1S/C21H26N4O/c1-4-10-22-21(26)18-8-9-20(23-15-18)25-13-11-24(12-14-25)19-7-5-6-16(2)17(19)3/h4-9,15H,1,10-14H2,2-3H3,(H,22,26). The molecule has 5 nitrogen and oxygen atoms in total. The molecule has 1 aliphatic heterocycles. The van der Waals surface area contributed by atoms with Crippen molar-refractivity contribution >= 4 is 17.4 Å². The average Bonchev–Trinajstić information content (AvgIpc) is 2.68. The van der Waals surface area contributed by atoms with E-state index in [1.54, 1.807) is 12.3 Å². The Morgan fingerprint density at radius 2 is 1.88 bits per heavy atom. The van der Waals surface area contributed by atoms with Crippen LogP contribution in [0.5, 0.6) is 0 Å². The predicted molar refractivity (Wildman–Crippen MR) is 107 cm³/mol. The van der Waals surface area contributed by atoms with Crippen molar-refractivity contribution in [2.45, 2.75) is 13.8 Å². The summed E-state index contributed by atoms with van der Waals surface area (Å²) in [6.07, 6.45) is 3.31. The summed E-state index contributed by atoms with van der Waals surface area (Å²) in [5, 5.41) is 2.76. The fourth-order valence-electron chi connectivity index (χ4n) is 3.23. The van der Waals surface area contributed by atoms with E-state index >= 15 is 0 Å². The molecule has 0 atom stereocenters. The molecule has 0 spiro atoms. The lowest BCUT2D eigenvalue weighted by Gasteiger charge is -2.37. The van der Waals surface area contributed by atoms with Gasteiger partial charge in [0.2, 0.25) is 0 Å². The van der Waals surface area contributed by atoms with Crippen LogP contribution in [0, 0.1) is 13.8 Å². The molecule has 1 fully saturated rings. The predicted octanol–water partition coefficient (Wildman–Crippen LogP) is 2.94. The van der Waals surface area contributed by atoms with E-state index in [1.807, 2.05) is 12.1 Å². The molecule has 1 aromatic heterocycles. The van der Waals surface area contributed by atoms with E-state index in [0.717, 1.165) is 32.0 Å². The van der Waals surface area contributed by atoms with E-state index in [0.29, 0.717) is 12.1 Å². The quantitative estimate of drug-likeness (QED) is 0.843. The third-order valence-electron chi connectivity index (χ3n) is 4.94. The first-order valence-electron chi connectivity index (χ1n) is 9.01. The van der Waals surface area contributed by atoms with Crippen LogP contribution < -0.4 is 15.1 Å². The van der Waals surface area contributed by atoms with Crippen LogP contribution in [-0.4, -0.2) is 43.6 Å². The molecule has 0 aliphatic carbocycles. The Morgan fingerprint density at radius 3 is 2.54 bits per heavy atom. The van der Waals surface area contributed by atoms with Gasteiger partial charge in [0.25, 0.3) is 5.91 Å². The second kappa shape index (κ2) is 8.04.